The van der Waals surface area contributed by atoms with Gasteiger partial charge in [-0.25, -0.2) is 9.78 Å². The number of carbonyl (C=O) groups excluding carboxylic acids is 1. The molecule has 0 radical (unpaired) electrons. The first-order chi connectivity index (χ1) is 8.38. The van der Waals surface area contributed by atoms with Crippen molar-refractivity contribution in [3.8, 4) is 0 Å². The maximum Gasteiger partial charge on any atom is 0.326 e. The highest BCUT2D eigenvalue weighted by molar-refractivity contribution is 7.09. The molecule has 0 bridgehead atoms. The quantitative estimate of drug-likeness (QED) is 0.673. The number of aryl methyl sites for hydroxylation is 1. The minimum absolute atomic E-state index is 0.0618. The molecule has 1 rings (SSSR count). The van der Waals surface area contributed by atoms with E-state index in [0.717, 1.165) is 5.01 Å². The predicted molar refractivity (Wildman–Crippen MR) is 62.4 cm³/mol. The van der Waals surface area contributed by atoms with Crippen LogP contribution in [0.4, 0.5) is 0 Å². The van der Waals surface area contributed by atoms with Gasteiger partial charge in [0.2, 0.25) is 5.91 Å². The van der Waals surface area contributed by atoms with Crippen molar-refractivity contribution in [2.24, 2.45) is 0 Å². The first-order valence-electron chi connectivity index (χ1n) is 5.03. The Bertz CT molecular complexity index is 471. The Labute approximate surface area is 106 Å². The first kappa shape index (κ1) is 14.1. The number of aliphatic carboxylic acids is 2. The Morgan fingerprint density at radius 3 is 2.56 bits per heavy atom. The zero-order valence-corrected chi connectivity index (χ0v) is 10.4. The number of amides is 1. The third-order valence-electron chi connectivity index (χ3n) is 2.02. The summed E-state index contributed by atoms with van der Waals surface area (Å²) in [6, 6.07) is -1.42. The Kier molecular flexibility index (Phi) is 4.78. The van der Waals surface area contributed by atoms with Gasteiger partial charge >= 0.3 is 11.9 Å². The molecular weight excluding hydrogens is 260 g/mol. The number of carbonyl (C=O) groups is 3. The zero-order chi connectivity index (χ0) is 13.7. The van der Waals surface area contributed by atoms with Gasteiger partial charge in [-0.3, -0.25) is 9.59 Å². The standard InChI is InChI=1S/C10H12N2O5S/c1-5-11-6(4-18-5)2-8(13)12-7(10(16)17)3-9(14)15/h4,7H,2-3H2,1H3,(H,12,13)(H,14,15)(H,16,17)/t7-/m0/s1. The summed E-state index contributed by atoms with van der Waals surface area (Å²) >= 11 is 1.38. The number of hydrogen-bond donors (Lipinski definition) is 3. The smallest absolute Gasteiger partial charge is 0.326 e. The van der Waals surface area contributed by atoms with Gasteiger partial charge < -0.3 is 15.5 Å². The molecule has 1 aromatic heterocycles. The molecule has 0 aromatic carbocycles. The van der Waals surface area contributed by atoms with Gasteiger partial charge in [-0.15, -0.1) is 11.3 Å². The summed E-state index contributed by atoms with van der Waals surface area (Å²) in [7, 11) is 0. The number of hydrogen-bond acceptors (Lipinski definition) is 5. The van der Waals surface area contributed by atoms with Crippen molar-refractivity contribution in [2.45, 2.75) is 25.8 Å². The second-order valence-electron chi connectivity index (χ2n) is 3.59. The van der Waals surface area contributed by atoms with E-state index in [1.807, 2.05) is 0 Å². The fourth-order valence-corrected chi connectivity index (χ4v) is 1.89. The van der Waals surface area contributed by atoms with E-state index in [1.165, 1.54) is 11.3 Å². The number of nitrogens with one attached hydrogen (secondary N) is 1. The second kappa shape index (κ2) is 6.10. The second-order valence-corrected chi connectivity index (χ2v) is 4.65. The van der Waals surface area contributed by atoms with Crippen LogP contribution in [0, 0.1) is 6.92 Å². The SMILES string of the molecule is Cc1nc(CC(=O)N[C@@H](CC(=O)O)C(=O)O)cs1. The third kappa shape index (κ3) is 4.50. The molecule has 0 fully saturated rings. The van der Waals surface area contributed by atoms with E-state index in [4.69, 9.17) is 10.2 Å². The lowest BCUT2D eigenvalue weighted by molar-refractivity contribution is -0.147. The van der Waals surface area contributed by atoms with E-state index in [2.05, 4.69) is 10.3 Å². The predicted octanol–water partition coefficient (Wildman–Crippen LogP) is 0.0381. The van der Waals surface area contributed by atoms with Crippen LogP contribution in [0.3, 0.4) is 0 Å². The monoisotopic (exact) mass is 272 g/mol. The van der Waals surface area contributed by atoms with Crippen molar-refractivity contribution in [1.29, 1.82) is 0 Å². The number of carboxylic acid groups (broad SMARTS) is 2. The first-order valence-corrected chi connectivity index (χ1v) is 5.91. The fraction of sp³-hybridized carbons (Fsp3) is 0.400. The third-order valence-corrected chi connectivity index (χ3v) is 2.84. The Morgan fingerprint density at radius 2 is 2.11 bits per heavy atom. The maximum atomic E-state index is 11.5. The molecule has 1 atom stereocenters. The summed E-state index contributed by atoms with van der Waals surface area (Å²) in [5, 5.41) is 21.9. The van der Waals surface area contributed by atoms with Gasteiger partial charge in [0, 0.05) is 5.38 Å². The highest BCUT2D eigenvalue weighted by Crippen LogP contribution is 2.08. The Balaban J connectivity index is 2.56. The molecule has 8 heteroatoms. The largest absolute Gasteiger partial charge is 0.481 e. The van der Waals surface area contributed by atoms with Crippen LogP contribution < -0.4 is 5.32 Å². The van der Waals surface area contributed by atoms with Crippen molar-refractivity contribution < 1.29 is 24.6 Å². The van der Waals surface area contributed by atoms with E-state index in [-0.39, 0.29) is 6.42 Å². The van der Waals surface area contributed by atoms with Gasteiger partial charge in [0.15, 0.2) is 0 Å². The minimum Gasteiger partial charge on any atom is -0.481 e. The van der Waals surface area contributed by atoms with E-state index < -0.39 is 30.3 Å². The maximum absolute atomic E-state index is 11.5. The fourth-order valence-electron chi connectivity index (χ4n) is 1.27. The molecule has 3 N–H and O–H groups in total. The van der Waals surface area contributed by atoms with E-state index in [1.54, 1.807) is 12.3 Å². The molecule has 0 aliphatic heterocycles. The molecule has 1 heterocycles. The molecule has 0 saturated carbocycles. The lowest BCUT2D eigenvalue weighted by Gasteiger charge is -2.11. The lowest BCUT2D eigenvalue weighted by Crippen LogP contribution is -2.42. The van der Waals surface area contributed by atoms with Crippen molar-refractivity contribution >= 4 is 29.2 Å². The number of nitrogens with zero attached hydrogens (tertiary/aromatic N) is 1. The van der Waals surface area contributed by atoms with E-state index >= 15 is 0 Å². The Morgan fingerprint density at radius 1 is 1.44 bits per heavy atom. The molecule has 0 spiro atoms. The van der Waals surface area contributed by atoms with Gasteiger partial charge in [0.25, 0.3) is 0 Å². The number of carboxylic acids is 2. The molecule has 18 heavy (non-hydrogen) atoms. The van der Waals surface area contributed by atoms with Crippen LogP contribution in [0.2, 0.25) is 0 Å². The van der Waals surface area contributed by atoms with Gasteiger partial charge in [0.1, 0.15) is 6.04 Å². The molecule has 7 nitrogen and oxygen atoms in total. The number of rotatable bonds is 6. The summed E-state index contributed by atoms with van der Waals surface area (Å²) in [4.78, 5) is 36.7. The molecular formula is C10H12N2O5S. The number of aromatic nitrogens is 1. The van der Waals surface area contributed by atoms with Gasteiger partial charge in [0.05, 0.1) is 23.5 Å². The molecule has 1 amide bonds. The lowest BCUT2D eigenvalue weighted by atomic mass is 10.2. The van der Waals surface area contributed by atoms with Gasteiger partial charge in [-0.2, -0.15) is 0 Å². The van der Waals surface area contributed by atoms with Gasteiger partial charge in [-0.05, 0) is 6.92 Å². The van der Waals surface area contributed by atoms with E-state index in [0.29, 0.717) is 5.69 Å². The summed E-state index contributed by atoms with van der Waals surface area (Å²) < 4.78 is 0. The van der Waals surface area contributed by atoms with E-state index in [9.17, 15) is 14.4 Å². The summed E-state index contributed by atoms with van der Waals surface area (Å²) in [5.41, 5.74) is 0.537. The van der Waals surface area contributed by atoms with Crippen LogP contribution in [0.15, 0.2) is 5.38 Å². The van der Waals surface area contributed by atoms with Crippen molar-refractivity contribution in [1.82, 2.24) is 10.3 Å². The molecule has 0 aliphatic rings. The zero-order valence-electron chi connectivity index (χ0n) is 9.54. The average Bonchev–Trinajstić information content (AvgIpc) is 2.62. The Hall–Kier alpha value is -1.96. The number of thiazole rings is 1. The van der Waals surface area contributed by atoms with Crippen molar-refractivity contribution in [2.75, 3.05) is 0 Å². The molecule has 1 aromatic rings. The highest BCUT2D eigenvalue weighted by Gasteiger charge is 2.23. The van der Waals surface area contributed by atoms with Crippen molar-refractivity contribution in [3.05, 3.63) is 16.1 Å². The van der Waals surface area contributed by atoms with Crippen LogP contribution in [0.25, 0.3) is 0 Å². The normalized spacial score (nSPS) is 11.8. The van der Waals surface area contributed by atoms with Gasteiger partial charge in [-0.1, -0.05) is 0 Å². The molecule has 98 valence electrons. The molecule has 0 saturated heterocycles. The van der Waals surface area contributed by atoms with Crippen LogP contribution in [-0.2, 0) is 20.8 Å². The highest BCUT2D eigenvalue weighted by atomic mass is 32.1. The topological polar surface area (TPSA) is 117 Å². The van der Waals surface area contributed by atoms with Crippen molar-refractivity contribution in [3.63, 3.8) is 0 Å². The minimum atomic E-state index is -1.42. The summed E-state index contributed by atoms with van der Waals surface area (Å²) in [6.45, 7) is 1.79. The van der Waals surface area contributed by atoms with Crippen LogP contribution in [0.5, 0.6) is 0 Å². The summed E-state index contributed by atoms with van der Waals surface area (Å²) in [6.07, 6.45) is -0.717. The van der Waals surface area contributed by atoms with Crippen LogP contribution >= 0.6 is 11.3 Å². The summed E-state index contributed by atoms with van der Waals surface area (Å²) in [5.74, 6) is -3.22. The average molecular weight is 272 g/mol. The molecule has 0 aliphatic carbocycles. The molecule has 0 unspecified atom stereocenters. The van der Waals surface area contributed by atoms with Crippen LogP contribution in [0.1, 0.15) is 17.1 Å². The van der Waals surface area contributed by atoms with Crippen LogP contribution in [-0.4, -0.2) is 39.1 Å².